The topological polar surface area (TPSA) is 37.3 Å². The maximum Gasteiger partial charge on any atom is 0.328 e. The van der Waals surface area contributed by atoms with Crippen molar-refractivity contribution in [2.75, 3.05) is 0 Å². The summed E-state index contributed by atoms with van der Waals surface area (Å²) in [5, 5.41) is 9.25. The second-order valence-electron chi connectivity index (χ2n) is 2.31. The van der Waals surface area contributed by atoms with Gasteiger partial charge in [0, 0.05) is 21.7 Å². The molecule has 0 aliphatic carbocycles. The van der Waals surface area contributed by atoms with Crippen molar-refractivity contribution >= 4 is 35.2 Å². The first-order valence-corrected chi connectivity index (χ1v) is 4.22. The van der Waals surface area contributed by atoms with E-state index in [9.17, 15) is 4.79 Å². The monoisotopic (exact) mass is 216 g/mol. The number of carbonyl (C=O) groups is 1. The van der Waals surface area contributed by atoms with Gasteiger partial charge in [0.1, 0.15) is 0 Å². The molecule has 0 fully saturated rings. The van der Waals surface area contributed by atoms with E-state index in [0.29, 0.717) is 15.6 Å². The lowest BCUT2D eigenvalue weighted by Gasteiger charge is -1.99. The first-order chi connectivity index (χ1) is 6.11. The fraction of sp³-hybridized carbons (Fsp3) is 0. The average Bonchev–Trinajstić information content (AvgIpc) is 2.03. The standard InChI is InChI=1S/C9H6Cl2O2/c10-7-2-1-3-8(11)6(7)4-5-9(12)13/h1-5H,(H,12,13). The van der Waals surface area contributed by atoms with Gasteiger partial charge in [-0.3, -0.25) is 0 Å². The minimum Gasteiger partial charge on any atom is -0.478 e. The minimum atomic E-state index is -1.03. The number of hydrogen-bond donors (Lipinski definition) is 1. The average molecular weight is 217 g/mol. The van der Waals surface area contributed by atoms with Crippen molar-refractivity contribution in [3.63, 3.8) is 0 Å². The zero-order valence-electron chi connectivity index (χ0n) is 6.50. The Morgan fingerprint density at radius 2 is 1.85 bits per heavy atom. The number of hydrogen-bond acceptors (Lipinski definition) is 1. The normalized spacial score (nSPS) is 10.6. The van der Waals surface area contributed by atoms with Gasteiger partial charge >= 0.3 is 5.97 Å². The summed E-state index contributed by atoms with van der Waals surface area (Å²) in [7, 11) is 0. The molecular formula is C9H6Cl2O2. The van der Waals surface area contributed by atoms with E-state index in [4.69, 9.17) is 28.3 Å². The highest BCUT2D eigenvalue weighted by Gasteiger charge is 2.01. The summed E-state index contributed by atoms with van der Waals surface area (Å²) in [6.45, 7) is 0. The summed E-state index contributed by atoms with van der Waals surface area (Å²) in [6.07, 6.45) is 2.36. The summed E-state index contributed by atoms with van der Waals surface area (Å²) in [5.74, 6) is -1.03. The molecule has 4 heteroatoms. The molecule has 0 aliphatic heterocycles. The summed E-state index contributed by atoms with van der Waals surface area (Å²) >= 11 is 11.6. The van der Waals surface area contributed by atoms with E-state index in [1.807, 2.05) is 0 Å². The van der Waals surface area contributed by atoms with Gasteiger partial charge in [0.15, 0.2) is 0 Å². The summed E-state index contributed by atoms with van der Waals surface area (Å²) in [5.41, 5.74) is 0.522. The van der Waals surface area contributed by atoms with Crippen LogP contribution in [0.3, 0.4) is 0 Å². The number of halogens is 2. The van der Waals surface area contributed by atoms with Gasteiger partial charge in [-0.1, -0.05) is 29.3 Å². The maximum atomic E-state index is 10.2. The van der Waals surface area contributed by atoms with E-state index >= 15 is 0 Å². The summed E-state index contributed by atoms with van der Waals surface area (Å²) < 4.78 is 0. The lowest BCUT2D eigenvalue weighted by atomic mass is 10.2. The molecule has 0 spiro atoms. The van der Waals surface area contributed by atoms with Gasteiger partial charge in [0.2, 0.25) is 0 Å². The molecule has 2 nitrogen and oxygen atoms in total. The van der Waals surface area contributed by atoms with Crippen molar-refractivity contribution in [2.24, 2.45) is 0 Å². The third-order valence-corrected chi connectivity index (χ3v) is 2.05. The van der Waals surface area contributed by atoms with Crippen molar-refractivity contribution in [1.29, 1.82) is 0 Å². The van der Waals surface area contributed by atoms with Crippen LogP contribution in [0.15, 0.2) is 24.3 Å². The van der Waals surface area contributed by atoms with Crippen LogP contribution in [0.2, 0.25) is 10.0 Å². The van der Waals surface area contributed by atoms with Crippen LogP contribution in [0.1, 0.15) is 5.56 Å². The quantitative estimate of drug-likeness (QED) is 0.772. The second-order valence-corrected chi connectivity index (χ2v) is 3.12. The van der Waals surface area contributed by atoms with Crippen LogP contribution in [0, 0.1) is 0 Å². The Hall–Kier alpha value is -0.990. The molecule has 0 atom stereocenters. The van der Waals surface area contributed by atoms with E-state index in [-0.39, 0.29) is 0 Å². The van der Waals surface area contributed by atoms with E-state index in [0.717, 1.165) is 6.08 Å². The Kier molecular flexibility index (Phi) is 3.34. The molecule has 0 radical (unpaired) electrons. The Bertz CT molecular complexity index is 338. The number of aliphatic carboxylic acids is 1. The van der Waals surface area contributed by atoms with Gasteiger partial charge in [0.25, 0.3) is 0 Å². The molecule has 1 rings (SSSR count). The fourth-order valence-electron chi connectivity index (χ4n) is 0.825. The Labute approximate surface area is 85.4 Å². The van der Waals surface area contributed by atoms with Crippen LogP contribution < -0.4 is 0 Å². The second kappa shape index (κ2) is 4.30. The SMILES string of the molecule is O=C(O)C=Cc1c(Cl)cccc1Cl. The predicted octanol–water partition coefficient (Wildman–Crippen LogP) is 3.09. The molecule has 0 unspecified atom stereocenters. The molecular weight excluding hydrogens is 211 g/mol. The number of carboxylic acid groups (broad SMARTS) is 1. The molecule has 1 aromatic rings. The molecule has 0 heterocycles. The lowest BCUT2D eigenvalue weighted by molar-refractivity contribution is -0.131. The molecule has 0 aromatic heterocycles. The summed E-state index contributed by atoms with van der Waals surface area (Å²) in [4.78, 5) is 10.2. The molecule has 1 N–H and O–H groups in total. The zero-order chi connectivity index (χ0) is 9.84. The fourth-order valence-corrected chi connectivity index (χ4v) is 1.35. The summed E-state index contributed by atoms with van der Waals surface area (Å²) in [6, 6.07) is 4.99. The highest BCUT2D eigenvalue weighted by molar-refractivity contribution is 6.37. The van der Waals surface area contributed by atoms with Crippen LogP contribution >= 0.6 is 23.2 Å². The van der Waals surface area contributed by atoms with Gasteiger partial charge in [-0.25, -0.2) is 4.79 Å². The van der Waals surface area contributed by atoms with E-state index in [2.05, 4.69) is 0 Å². The van der Waals surface area contributed by atoms with Crippen LogP contribution in [0.5, 0.6) is 0 Å². The molecule has 0 saturated carbocycles. The molecule has 13 heavy (non-hydrogen) atoms. The van der Waals surface area contributed by atoms with Gasteiger partial charge in [-0.2, -0.15) is 0 Å². The first kappa shape index (κ1) is 10.1. The first-order valence-electron chi connectivity index (χ1n) is 3.46. The Morgan fingerprint density at radius 1 is 1.31 bits per heavy atom. The highest BCUT2D eigenvalue weighted by atomic mass is 35.5. The lowest BCUT2D eigenvalue weighted by Crippen LogP contribution is -1.86. The smallest absolute Gasteiger partial charge is 0.328 e. The Balaban J connectivity index is 3.06. The largest absolute Gasteiger partial charge is 0.478 e. The molecule has 0 aliphatic rings. The van der Waals surface area contributed by atoms with Crippen molar-refractivity contribution in [2.45, 2.75) is 0 Å². The van der Waals surface area contributed by atoms with Crippen molar-refractivity contribution in [1.82, 2.24) is 0 Å². The number of rotatable bonds is 2. The molecule has 1 aromatic carbocycles. The molecule has 68 valence electrons. The Morgan fingerprint density at radius 3 is 2.31 bits per heavy atom. The highest BCUT2D eigenvalue weighted by Crippen LogP contribution is 2.25. The van der Waals surface area contributed by atoms with Crippen molar-refractivity contribution < 1.29 is 9.90 Å². The van der Waals surface area contributed by atoms with Crippen LogP contribution in [0.25, 0.3) is 6.08 Å². The van der Waals surface area contributed by atoms with E-state index in [1.165, 1.54) is 6.08 Å². The zero-order valence-corrected chi connectivity index (χ0v) is 8.01. The number of benzene rings is 1. The van der Waals surface area contributed by atoms with Gasteiger partial charge < -0.3 is 5.11 Å². The number of carboxylic acids is 1. The van der Waals surface area contributed by atoms with E-state index < -0.39 is 5.97 Å². The van der Waals surface area contributed by atoms with Gasteiger partial charge in [-0.05, 0) is 18.2 Å². The van der Waals surface area contributed by atoms with E-state index in [1.54, 1.807) is 18.2 Å². The molecule has 0 amide bonds. The van der Waals surface area contributed by atoms with Crippen LogP contribution in [-0.4, -0.2) is 11.1 Å². The van der Waals surface area contributed by atoms with Crippen molar-refractivity contribution in [3.05, 3.63) is 39.9 Å². The van der Waals surface area contributed by atoms with Crippen LogP contribution in [-0.2, 0) is 4.79 Å². The predicted molar refractivity (Wildman–Crippen MR) is 53.1 cm³/mol. The third-order valence-electron chi connectivity index (χ3n) is 1.39. The molecule has 0 saturated heterocycles. The maximum absolute atomic E-state index is 10.2. The third kappa shape index (κ3) is 2.76. The minimum absolute atomic E-state index is 0.435. The van der Waals surface area contributed by atoms with Crippen molar-refractivity contribution in [3.8, 4) is 0 Å². The van der Waals surface area contributed by atoms with Crippen LogP contribution in [0.4, 0.5) is 0 Å². The van der Waals surface area contributed by atoms with Gasteiger partial charge in [0.05, 0.1) is 0 Å². The van der Waals surface area contributed by atoms with Gasteiger partial charge in [-0.15, -0.1) is 0 Å². The molecule has 0 bridgehead atoms.